The average Bonchev–Trinajstić information content (AvgIpc) is 3.51. The Bertz CT molecular complexity index is 1830. The van der Waals surface area contributed by atoms with Gasteiger partial charge in [0.25, 0.3) is 5.56 Å². The van der Waals surface area contributed by atoms with E-state index in [0.29, 0.717) is 53.2 Å². The Morgan fingerprint density at radius 2 is 1.49 bits per heavy atom. The first-order chi connectivity index (χ1) is 21.9. The Kier molecular flexibility index (Phi) is 9.23. The molecule has 2 heterocycles. The molecule has 9 nitrogen and oxygen atoms in total. The van der Waals surface area contributed by atoms with Crippen LogP contribution >= 0.6 is 0 Å². The summed E-state index contributed by atoms with van der Waals surface area (Å²) in [5, 5.41) is 2.77. The fourth-order valence-corrected chi connectivity index (χ4v) is 6.88. The van der Waals surface area contributed by atoms with Gasteiger partial charge in [0.05, 0.1) is 5.69 Å². The quantitative estimate of drug-likeness (QED) is 0.165. The number of nitrogens with zero attached hydrogens (tertiary/aromatic N) is 3. The van der Waals surface area contributed by atoms with E-state index in [1.54, 1.807) is 34.9 Å². The number of hydrogen-bond acceptors (Lipinski definition) is 5. The molecular weight excluding hydrogens is 566 g/mol. The van der Waals surface area contributed by atoms with E-state index in [4.69, 9.17) is 4.98 Å². The number of para-hydroxylation sites is 1. The predicted molar refractivity (Wildman–Crippen MR) is 177 cm³/mol. The summed E-state index contributed by atoms with van der Waals surface area (Å²) in [6.07, 6.45) is 14.5. The summed E-state index contributed by atoms with van der Waals surface area (Å²) in [6, 6.07) is 14.4. The second-order valence-corrected chi connectivity index (χ2v) is 12.6. The Hall–Kier alpha value is -4.53. The molecular formula is C36H41N5O4. The van der Waals surface area contributed by atoms with E-state index in [-0.39, 0.29) is 22.9 Å². The molecule has 2 aliphatic rings. The van der Waals surface area contributed by atoms with Gasteiger partial charge in [0, 0.05) is 30.3 Å². The molecule has 9 heteroatoms. The van der Waals surface area contributed by atoms with E-state index in [0.717, 1.165) is 49.7 Å². The third-order valence-electron chi connectivity index (χ3n) is 9.37. The van der Waals surface area contributed by atoms with Gasteiger partial charge in [-0.2, -0.15) is 0 Å². The fraction of sp³-hybridized carbons (Fsp3) is 0.417. The van der Waals surface area contributed by atoms with Gasteiger partial charge in [0.1, 0.15) is 11.3 Å². The van der Waals surface area contributed by atoms with E-state index < -0.39 is 0 Å². The van der Waals surface area contributed by atoms with Gasteiger partial charge in [-0.15, -0.1) is 0 Å². The summed E-state index contributed by atoms with van der Waals surface area (Å²) < 4.78 is 3.20. The number of nitrogens with one attached hydrogen (secondary N) is 2. The van der Waals surface area contributed by atoms with Crippen molar-refractivity contribution in [2.75, 3.05) is 5.32 Å². The maximum Gasteiger partial charge on any atom is 0.332 e. The lowest BCUT2D eigenvalue weighted by molar-refractivity contribution is -0.111. The van der Waals surface area contributed by atoms with Gasteiger partial charge in [-0.25, -0.2) is 9.78 Å². The zero-order valence-corrected chi connectivity index (χ0v) is 25.9. The second kappa shape index (κ2) is 13.6. The highest BCUT2D eigenvalue weighted by Crippen LogP contribution is 2.27. The molecule has 0 atom stereocenters. The number of aromatic amines is 1. The zero-order valence-electron chi connectivity index (χ0n) is 25.9. The van der Waals surface area contributed by atoms with Crippen LogP contribution in [0.3, 0.4) is 0 Å². The first-order valence-corrected chi connectivity index (χ1v) is 16.3. The van der Waals surface area contributed by atoms with E-state index in [1.807, 2.05) is 24.3 Å². The number of carbonyl (C=O) groups excluding carboxylic acids is 2. The molecule has 1 amide bonds. The third-order valence-corrected chi connectivity index (χ3v) is 9.37. The average molecular weight is 608 g/mol. The summed E-state index contributed by atoms with van der Waals surface area (Å²) in [7, 11) is 0. The predicted octanol–water partition coefficient (Wildman–Crippen LogP) is 6.57. The number of anilines is 1. The van der Waals surface area contributed by atoms with Crippen molar-refractivity contribution in [1.29, 1.82) is 0 Å². The van der Waals surface area contributed by atoms with Gasteiger partial charge in [-0.1, -0.05) is 74.9 Å². The molecule has 0 bridgehead atoms. The summed E-state index contributed by atoms with van der Waals surface area (Å²) >= 11 is 0. The van der Waals surface area contributed by atoms with E-state index in [2.05, 4.69) is 10.3 Å². The minimum atomic E-state index is -0.342. The van der Waals surface area contributed by atoms with Crippen LogP contribution in [0.4, 0.5) is 5.69 Å². The van der Waals surface area contributed by atoms with Gasteiger partial charge >= 0.3 is 5.69 Å². The summed E-state index contributed by atoms with van der Waals surface area (Å²) in [5.74, 6) is 0.817. The van der Waals surface area contributed by atoms with Crippen molar-refractivity contribution in [1.82, 2.24) is 19.1 Å². The Morgan fingerprint density at radius 1 is 0.867 bits per heavy atom. The topological polar surface area (TPSA) is 119 Å². The number of amides is 1. The minimum Gasteiger partial charge on any atom is -0.332 e. The molecule has 2 aromatic carbocycles. The van der Waals surface area contributed by atoms with Crippen molar-refractivity contribution >= 4 is 34.6 Å². The largest absolute Gasteiger partial charge is 0.332 e. The molecule has 0 spiro atoms. The van der Waals surface area contributed by atoms with E-state index in [1.165, 1.54) is 43.3 Å². The van der Waals surface area contributed by atoms with Gasteiger partial charge in [-0.05, 0) is 68.2 Å². The Morgan fingerprint density at radius 3 is 2.13 bits per heavy atom. The van der Waals surface area contributed by atoms with Crippen molar-refractivity contribution in [3.8, 4) is 11.4 Å². The van der Waals surface area contributed by atoms with Crippen molar-refractivity contribution < 1.29 is 9.59 Å². The highest BCUT2D eigenvalue weighted by atomic mass is 16.2. The highest BCUT2D eigenvalue weighted by molar-refractivity contribution is 6.07. The number of rotatable bonds is 9. The zero-order chi connectivity index (χ0) is 31.3. The van der Waals surface area contributed by atoms with Crippen molar-refractivity contribution in [2.24, 2.45) is 11.8 Å². The molecule has 0 unspecified atom stereocenters. The Balaban J connectivity index is 1.26. The van der Waals surface area contributed by atoms with Crippen LogP contribution in [0.25, 0.3) is 28.6 Å². The van der Waals surface area contributed by atoms with Crippen LogP contribution < -0.4 is 16.6 Å². The smallest absolute Gasteiger partial charge is 0.332 e. The fourth-order valence-electron chi connectivity index (χ4n) is 6.88. The van der Waals surface area contributed by atoms with Gasteiger partial charge < -0.3 is 10.3 Å². The monoisotopic (exact) mass is 607 g/mol. The molecule has 45 heavy (non-hydrogen) atoms. The highest BCUT2D eigenvalue weighted by Gasteiger charge is 2.24. The number of hydrogen-bond donors (Lipinski definition) is 2. The van der Waals surface area contributed by atoms with E-state index >= 15 is 0 Å². The number of aromatic nitrogens is 4. The minimum absolute atomic E-state index is 0.120. The molecule has 2 aromatic heterocycles. The molecule has 0 radical (unpaired) electrons. The number of H-pyrrole nitrogens is 1. The van der Waals surface area contributed by atoms with Crippen LogP contribution in [0.5, 0.6) is 0 Å². The summed E-state index contributed by atoms with van der Waals surface area (Å²) in [5.41, 5.74) is 2.77. The van der Waals surface area contributed by atoms with Crippen LogP contribution in [-0.4, -0.2) is 30.8 Å². The lowest BCUT2D eigenvalue weighted by atomic mass is 9.89. The number of Topliss-reactive ketones (excluding diaryl/α,β-unsaturated/α-hetero) is 1. The van der Waals surface area contributed by atoms with Gasteiger partial charge in [-0.3, -0.25) is 23.5 Å². The van der Waals surface area contributed by atoms with Gasteiger partial charge in [0.2, 0.25) is 5.91 Å². The van der Waals surface area contributed by atoms with Crippen LogP contribution in [0, 0.1) is 11.8 Å². The standard InChI is InChI=1S/C36H41N5O4/c1-24(42)29-14-8-9-15-30(29)37-31(43)21-18-25-16-19-28(20-17-25)33-38-32-34(39-33)40(22-26-10-4-2-5-11-26)36(45)41(35(32)44)23-27-12-6-3-7-13-27/h8-9,14-21,26-27H,2-7,10-13,22-23H2,1H3,(H,37,43)(H,38,39)/b21-18+. The first kappa shape index (κ1) is 30.5. The maximum atomic E-state index is 13.9. The van der Waals surface area contributed by atoms with Crippen molar-refractivity contribution in [2.45, 2.75) is 84.2 Å². The third kappa shape index (κ3) is 6.92. The lowest BCUT2D eigenvalue weighted by Crippen LogP contribution is -2.42. The van der Waals surface area contributed by atoms with Crippen LogP contribution in [0.1, 0.15) is 87.1 Å². The molecule has 0 saturated heterocycles. The molecule has 2 saturated carbocycles. The van der Waals surface area contributed by atoms with Crippen molar-refractivity contribution in [3.05, 3.63) is 86.6 Å². The SMILES string of the molecule is CC(=O)c1ccccc1NC(=O)/C=C/c1ccc(-c2nc3c([nH]2)c(=O)n(CC2CCCCC2)c(=O)n3CC2CCCCC2)cc1. The molecule has 4 aromatic rings. The number of benzene rings is 2. The Labute approximate surface area is 262 Å². The molecule has 2 fully saturated rings. The van der Waals surface area contributed by atoms with E-state index in [9.17, 15) is 19.2 Å². The van der Waals surface area contributed by atoms with Crippen LogP contribution in [0.15, 0.2) is 64.2 Å². The van der Waals surface area contributed by atoms with Crippen LogP contribution in [0.2, 0.25) is 0 Å². The number of imidazole rings is 1. The second-order valence-electron chi connectivity index (χ2n) is 12.6. The van der Waals surface area contributed by atoms with Gasteiger partial charge in [0.15, 0.2) is 11.4 Å². The molecule has 2 N–H and O–H groups in total. The molecule has 234 valence electrons. The normalized spacial score (nSPS) is 16.4. The number of fused-ring (bicyclic) bond motifs is 1. The maximum absolute atomic E-state index is 13.9. The first-order valence-electron chi connectivity index (χ1n) is 16.3. The molecule has 0 aliphatic heterocycles. The summed E-state index contributed by atoms with van der Waals surface area (Å²) in [4.78, 5) is 60.1. The van der Waals surface area contributed by atoms with Crippen molar-refractivity contribution in [3.63, 3.8) is 0 Å². The number of ketones is 1. The number of carbonyl (C=O) groups is 2. The summed E-state index contributed by atoms with van der Waals surface area (Å²) in [6.45, 7) is 2.50. The molecule has 6 rings (SSSR count). The van der Waals surface area contributed by atoms with Crippen LogP contribution in [-0.2, 0) is 17.9 Å². The molecule has 2 aliphatic carbocycles. The lowest BCUT2D eigenvalue weighted by Gasteiger charge is -2.24.